The average molecular weight is 337 g/mol. The molecule has 0 aliphatic carbocycles. The first-order valence-corrected chi connectivity index (χ1v) is 8.78. The summed E-state index contributed by atoms with van der Waals surface area (Å²) in [5.74, 6) is 1.47. The summed E-state index contributed by atoms with van der Waals surface area (Å²) in [5.41, 5.74) is 2.13. The maximum absolute atomic E-state index is 12.6. The highest BCUT2D eigenvalue weighted by molar-refractivity contribution is 5.94. The van der Waals surface area contributed by atoms with Crippen molar-refractivity contribution < 1.29 is 4.79 Å². The fraction of sp³-hybridized carbons (Fsp3) is 0.632. The molecule has 0 radical (unpaired) electrons. The number of benzene rings is 1. The number of nitrogens with one attached hydrogen (secondary N) is 1. The quantitative estimate of drug-likeness (QED) is 0.909. The van der Waals surface area contributed by atoms with Gasteiger partial charge in [-0.15, -0.1) is 12.4 Å². The van der Waals surface area contributed by atoms with Crippen LogP contribution < -0.4 is 5.32 Å². The lowest BCUT2D eigenvalue weighted by Crippen LogP contribution is -2.43. The Bertz CT molecular complexity index is 501. The lowest BCUT2D eigenvalue weighted by atomic mass is 9.88. The highest BCUT2D eigenvalue weighted by Crippen LogP contribution is 2.26. The zero-order valence-electron chi connectivity index (χ0n) is 14.3. The van der Waals surface area contributed by atoms with E-state index in [0.29, 0.717) is 12.0 Å². The normalized spacial score (nSPS) is 22.2. The first-order valence-electron chi connectivity index (χ1n) is 8.78. The maximum Gasteiger partial charge on any atom is 0.253 e. The minimum atomic E-state index is 0. The van der Waals surface area contributed by atoms with Crippen molar-refractivity contribution in [1.82, 2.24) is 10.2 Å². The first kappa shape index (κ1) is 18.3. The van der Waals surface area contributed by atoms with Crippen molar-refractivity contribution in [1.29, 1.82) is 0 Å². The van der Waals surface area contributed by atoms with Crippen LogP contribution in [-0.2, 0) is 0 Å². The van der Waals surface area contributed by atoms with Gasteiger partial charge in [-0.1, -0.05) is 26.0 Å². The lowest BCUT2D eigenvalue weighted by Gasteiger charge is -2.35. The SMILES string of the molecule is CC(C)c1ccc(C(=O)N2CCC(C3CCCN3)CC2)cc1.Cl. The van der Waals surface area contributed by atoms with Crippen LogP contribution in [0.1, 0.15) is 61.4 Å². The molecule has 2 fully saturated rings. The predicted molar refractivity (Wildman–Crippen MR) is 97.4 cm³/mol. The molecule has 2 aliphatic rings. The molecule has 4 heteroatoms. The van der Waals surface area contributed by atoms with E-state index in [1.54, 1.807) is 0 Å². The number of amides is 1. The van der Waals surface area contributed by atoms with Gasteiger partial charge in [0.25, 0.3) is 5.91 Å². The van der Waals surface area contributed by atoms with Gasteiger partial charge in [0.2, 0.25) is 0 Å². The molecule has 1 amide bonds. The Balaban J connectivity index is 0.00000192. The Morgan fingerprint density at radius 1 is 1.13 bits per heavy atom. The predicted octanol–water partition coefficient (Wildman–Crippen LogP) is 3.84. The van der Waals surface area contributed by atoms with Crippen LogP contribution in [0.4, 0.5) is 0 Å². The van der Waals surface area contributed by atoms with Crippen molar-refractivity contribution in [3.05, 3.63) is 35.4 Å². The van der Waals surface area contributed by atoms with Crippen molar-refractivity contribution >= 4 is 18.3 Å². The summed E-state index contributed by atoms with van der Waals surface area (Å²) in [7, 11) is 0. The van der Waals surface area contributed by atoms with Crippen molar-refractivity contribution in [2.75, 3.05) is 19.6 Å². The summed E-state index contributed by atoms with van der Waals surface area (Å²) < 4.78 is 0. The van der Waals surface area contributed by atoms with Crippen LogP contribution in [0.3, 0.4) is 0 Å². The monoisotopic (exact) mass is 336 g/mol. The number of nitrogens with zero attached hydrogens (tertiary/aromatic N) is 1. The van der Waals surface area contributed by atoms with Crippen molar-refractivity contribution in [3.8, 4) is 0 Å². The summed E-state index contributed by atoms with van der Waals surface area (Å²) in [5, 5.41) is 3.62. The van der Waals surface area contributed by atoms with Gasteiger partial charge in [0.1, 0.15) is 0 Å². The van der Waals surface area contributed by atoms with Gasteiger partial charge in [0.15, 0.2) is 0 Å². The van der Waals surface area contributed by atoms with Gasteiger partial charge >= 0.3 is 0 Å². The number of likely N-dealkylation sites (tertiary alicyclic amines) is 1. The van der Waals surface area contributed by atoms with E-state index >= 15 is 0 Å². The number of hydrogen-bond acceptors (Lipinski definition) is 2. The van der Waals surface area contributed by atoms with E-state index in [-0.39, 0.29) is 18.3 Å². The van der Waals surface area contributed by atoms with E-state index in [4.69, 9.17) is 0 Å². The van der Waals surface area contributed by atoms with Gasteiger partial charge in [0.05, 0.1) is 0 Å². The van der Waals surface area contributed by atoms with Crippen LogP contribution in [-0.4, -0.2) is 36.5 Å². The molecule has 1 N–H and O–H groups in total. The van der Waals surface area contributed by atoms with Crippen molar-refractivity contribution in [2.24, 2.45) is 5.92 Å². The standard InChI is InChI=1S/C19H28N2O.ClH/c1-14(2)15-5-7-17(8-6-15)19(22)21-12-9-16(10-13-21)18-4-3-11-20-18;/h5-8,14,16,18,20H,3-4,9-13H2,1-2H3;1H. The van der Waals surface area contributed by atoms with Gasteiger partial charge in [-0.25, -0.2) is 0 Å². The van der Waals surface area contributed by atoms with Gasteiger partial charge in [-0.05, 0) is 61.8 Å². The largest absolute Gasteiger partial charge is 0.339 e. The summed E-state index contributed by atoms with van der Waals surface area (Å²) in [6.07, 6.45) is 4.92. The third kappa shape index (κ3) is 4.27. The fourth-order valence-corrected chi connectivity index (χ4v) is 3.81. The lowest BCUT2D eigenvalue weighted by molar-refractivity contribution is 0.0674. The second kappa shape index (κ2) is 8.16. The van der Waals surface area contributed by atoms with Gasteiger partial charge in [-0.3, -0.25) is 4.79 Å². The molecule has 0 saturated carbocycles. The Morgan fingerprint density at radius 3 is 2.30 bits per heavy atom. The Kier molecular flexibility index (Phi) is 6.49. The second-order valence-electron chi connectivity index (χ2n) is 7.11. The van der Waals surface area contributed by atoms with E-state index in [9.17, 15) is 4.79 Å². The summed E-state index contributed by atoms with van der Waals surface area (Å²) in [6.45, 7) is 7.35. The zero-order valence-corrected chi connectivity index (χ0v) is 15.1. The number of carbonyl (C=O) groups excluding carboxylic acids is 1. The first-order chi connectivity index (χ1) is 10.6. The number of carbonyl (C=O) groups is 1. The molecule has 2 heterocycles. The molecule has 3 nitrogen and oxygen atoms in total. The Hall–Kier alpha value is -1.06. The maximum atomic E-state index is 12.6. The summed E-state index contributed by atoms with van der Waals surface area (Å²) >= 11 is 0. The van der Waals surface area contributed by atoms with Crippen LogP contribution in [0.2, 0.25) is 0 Å². The van der Waals surface area contributed by atoms with E-state index in [1.165, 1.54) is 24.9 Å². The molecule has 0 bridgehead atoms. The molecule has 1 atom stereocenters. The molecule has 2 saturated heterocycles. The number of hydrogen-bond donors (Lipinski definition) is 1. The minimum Gasteiger partial charge on any atom is -0.339 e. The van der Waals surface area contributed by atoms with E-state index in [0.717, 1.165) is 37.4 Å². The third-order valence-corrected chi connectivity index (χ3v) is 5.32. The van der Waals surface area contributed by atoms with Crippen LogP contribution in [0, 0.1) is 5.92 Å². The highest BCUT2D eigenvalue weighted by atomic mass is 35.5. The molecule has 1 aromatic rings. The molecule has 0 spiro atoms. The molecule has 128 valence electrons. The topological polar surface area (TPSA) is 32.3 Å². The Labute approximate surface area is 146 Å². The number of halogens is 1. The smallest absolute Gasteiger partial charge is 0.253 e. The van der Waals surface area contributed by atoms with Crippen molar-refractivity contribution in [2.45, 2.75) is 51.5 Å². The highest BCUT2D eigenvalue weighted by Gasteiger charge is 2.30. The summed E-state index contributed by atoms with van der Waals surface area (Å²) in [6, 6.07) is 8.85. The number of rotatable bonds is 3. The molecule has 0 aromatic heterocycles. The van der Waals surface area contributed by atoms with Gasteiger partial charge in [-0.2, -0.15) is 0 Å². The van der Waals surface area contributed by atoms with Crippen molar-refractivity contribution in [3.63, 3.8) is 0 Å². The molecular weight excluding hydrogens is 308 g/mol. The van der Waals surface area contributed by atoms with E-state index < -0.39 is 0 Å². The molecule has 1 unspecified atom stereocenters. The minimum absolute atomic E-state index is 0. The van der Waals surface area contributed by atoms with E-state index in [1.807, 2.05) is 17.0 Å². The van der Waals surface area contributed by atoms with Crippen LogP contribution in [0.5, 0.6) is 0 Å². The molecule has 23 heavy (non-hydrogen) atoms. The molecule has 3 rings (SSSR count). The average Bonchev–Trinajstić information content (AvgIpc) is 3.09. The fourth-order valence-electron chi connectivity index (χ4n) is 3.81. The Morgan fingerprint density at radius 2 is 1.78 bits per heavy atom. The molecule has 2 aliphatic heterocycles. The molecular formula is C19H29ClN2O. The third-order valence-electron chi connectivity index (χ3n) is 5.32. The summed E-state index contributed by atoms with van der Waals surface area (Å²) in [4.78, 5) is 14.7. The second-order valence-corrected chi connectivity index (χ2v) is 7.11. The number of piperidine rings is 1. The van der Waals surface area contributed by atoms with Crippen LogP contribution >= 0.6 is 12.4 Å². The van der Waals surface area contributed by atoms with E-state index in [2.05, 4.69) is 31.3 Å². The van der Waals surface area contributed by atoms with Gasteiger partial charge < -0.3 is 10.2 Å². The molecule has 1 aromatic carbocycles. The van der Waals surface area contributed by atoms with Gasteiger partial charge in [0, 0.05) is 24.7 Å². The zero-order chi connectivity index (χ0) is 15.5. The van der Waals surface area contributed by atoms with Crippen LogP contribution in [0.25, 0.3) is 0 Å². The van der Waals surface area contributed by atoms with Crippen LogP contribution in [0.15, 0.2) is 24.3 Å².